The van der Waals surface area contributed by atoms with Gasteiger partial charge < -0.3 is 20.1 Å². The summed E-state index contributed by atoms with van der Waals surface area (Å²) in [4.78, 5) is 11.4. The molecular formula is C16H26N2O3. The highest BCUT2D eigenvalue weighted by Crippen LogP contribution is 2.27. The molecule has 0 aromatic heterocycles. The zero-order valence-electron chi connectivity index (χ0n) is 13.4. The normalized spacial score (nSPS) is 10.5. The largest absolute Gasteiger partial charge is 0.493 e. The van der Waals surface area contributed by atoms with E-state index >= 15 is 0 Å². The van der Waals surface area contributed by atoms with Gasteiger partial charge in [-0.1, -0.05) is 19.9 Å². The Hall–Kier alpha value is -1.75. The summed E-state index contributed by atoms with van der Waals surface area (Å²) in [5.41, 5.74) is 1.12. The number of hydrogen-bond donors (Lipinski definition) is 2. The minimum Gasteiger partial charge on any atom is -0.493 e. The fourth-order valence-corrected chi connectivity index (χ4v) is 1.81. The van der Waals surface area contributed by atoms with Crippen molar-refractivity contribution >= 4 is 5.91 Å². The second-order valence-electron chi connectivity index (χ2n) is 5.04. The number of nitrogens with one attached hydrogen (secondary N) is 2. The molecule has 0 fully saturated rings. The topological polar surface area (TPSA) is 59.6 Å². The van der Waals surface area contributed by atoms with Crippen molar-refractivity contribution in [3.05, 3.63) is 23.8 Å². The summed E-state index contributed by atoms with van der Waals surface area (Å²) in [5, 5.41) is 6.16. The monoisotopic (exact) mass is 294 g/mol. The van der Waals surface area contributed by atoms with E-state index in [0.717, 1.165) is 30.2 Å². The van der Waals surface area contributed by atoms with Gasteiger partial charge in [0.15, 0.2) is 11.5 Å². The molecule has 1 amide bonds. The number of carbonyl (C=O) groups excluding carboxylic acids is 1. The van der Waals surface area contributed by atoms with E-state index in [1.807, 2.05) is 39.0 Å². The van der Waals surface area contributed by atoms with Crippen LogP contribution in [0.1, 0.15) is 26.3 Å². The molecule has 1 aromatic rings. The molecule has 1 rings (SSSR count). The van der Waals surface area contributed by atoms with Crippen LogP contribution in [-0.2, 0) is 11.3 Å². The second-order valence-corrected chi connectivity index (χ2v) is 5.04. The number of ether oxygens (including phenoxy) is 2. The van der Waals surface area contributed by atoms with Gasteiger partial charge in [-0.15, -0.1) is 0 Å². The summed E-state index contributed by atoms with van der Waals surface area (Å²) in [6.07, 6.45) is 0. The minimum atomic E-state index is 0.0281. The molecule has 0 saturated carbocycles. The van der Waals surface area contributed by atoms with Crippen LogP contribution in [0.2, 0.25) is 0 Å². The van der Waals surface area contributed by atoms with Crippen molar-refractivity contribution in [2.45, 2.75) is 27.3 Å². The highest BCUT2D eigenvalue weighted by atomic mass is 16.5. The molecule has 0 atom stereocenters. The summed E-state index contributed by atoms with van der Waals surface area (Å²) in [5.74, 6) is 1.61. The second kappa shape index (κ2) is 9.23. The lowest BCUT2D eigenvalue weighted by atomic mass is 10.2. The quantitative estimate of drug-likeness (QED) is 0.684. The van der Waals surface area contributed by atoms with Crippen molar-refractivity contribution in [2.75, 3.05) is 26.8 Å². The van der Waals surface area contributed by atoms with Gasteiger partial charge in [0.1, 0.15) is 0 Å². The van der Waals surface area contributed by atoms with Gasteiger partial charge >= 0.3 is 0 Å². The van der Waals surface area contributed by atoms with Gasteiger partial charge in [0.05, 0.1) is 13.7 Å². The van der Waals surface area contributed by atoms with E-state index in [4.69, 9.17) is 9.47 Å². The summed E-state index contributed by atoms with van der Waals surface area (Å²) >= 11 is 0. The van der Waals surface area contributed by atoms with Gasteiger partial charge in [0.25, 0.3) is 0 Å². The average Bonchev–Trinajstić information content (AvgIpc) is 2.47. The first-order valence-corrected chi connectivity index (χ1v) is 7.36. The first-order valence-electron chi connectivity index (χ1n) is 7.36. The maximum Gasteiger partial charge on any atom is 0.222 e. The first kappa shape index (κ1) is 17.3. The summed E-state index contributed by atoms with van der Waals surface area (Å²) < 4.78 is 10.8. The molecule has 5 heteroatoms. The summed E-state index contributed by atoms with van der Waals surface area (Å²) in [7, 11) is 1.63. The van der Waals surface area contributed by atoms with Gasteiger partial charge in [-0.05, 0) is 24.6 Å². The molecular weight excluding hydrogens is 268 g/mol. The lowest BCUT2D eigenvalue weighted by Gasteiger charge is -2.12. The van der Waals surface area contributed by atoms with E-state index in [1.54, 1.807) is 7.11 Å². The first-order chi connectivity index (χ1) is 10.1. The van der Waals surface area contributed by atoms with Crippen molar-refractivity contribution < 1.29 is 14.3 Å². The van der Waals surface area contributed by atoms with E-state index in [-0.39, 0.29) is 11.8 Å². The SMILES string of the molecule is CCOc1cc(CNCCNC(=O)C(C)C)ccc1OC. The molecule has 0 unspecified atom stereocenters. The van der Waals surface area contributed by atoms with Crippen LogP contribution in [0, 0.1) is 5.92 Å². The number of amides is 1. The fraction of sp³-hybridized carbons (Fsp3) is 0.562. The molecule has 21 heavy (non-hydrogen) atoms. The van der Waals surface area contributed by atoms with Crippen LogP contribution in [0.15, 0.2) is 18.2 Å². The smallest absolute Gasteiger partial charge is 0.222 e. The predicted molar refractivity (Wildman–Crippen MR) is 83.7 cm³/mol. The Kier molecular flexibility index (Phi) is 7.61. The Bertz CT molecular complexity index is 447. The molecule has 0 aliphatic heterocycles. The molecule has 5 nitrogen and oxygen atoms in total. The maximum absolute atomic E-state index is 11.4. The minimum absolute atomic E-state index is 0.0281. The van der Waals surface area contributed by atoms with Crippen molar-refractivity contribution in [1.29, 1.82) is 0 Å². The molecule has 0 heterocycles. The number of hydrogen-bond acceptors (Lipinski definition) is 4. The van der Waals surface area contributed by atoms with Crippen molar-refractivity contribution in [1.82, 2.24) is 10.6 Å². The van der Waals surface area contributed by atoms with Gasteiger partial charge in [0.2, 0.25) is 5.91 Å². The molecule has 118 valence electrons. The van der Waals surface area contributed by atoms with Crippen LogP contribution in [0.4, 0.5) is 0 Å². The zero-order valence-corrected chi connectivity index (χ0v) is 13.4. The van der Waals surface area contributed by atoms with E-state index < -0.39 is 0 Å². The van der Waals surface area contributed by atoms with Gasteiger partial charge in [-0.25, -0.2) is 0 Å². The zero-order chi connectivity index (χ0) is 15.7. The molecule has 0 saturated heterocycles. The van der Waals surface area contributed by atoms with E-state index in [1.165, 1.54) is 0 Å². The number of benzene rings is 1. The standard InChI is InChI=1S/C16H26N2O3/c1-5-21-15-10-13(6-7-14(15)20-4)11-17-8-9-18-16(19)12(2)3/h6-7,10,12,17H,5,8-9,11H2,1-4H3,(H,18,19). The Morgan fingerprint density at radius 2 is 2.00 bits per heavy atom. The Morgan fingerprint density at radius 3 is 2.62 bits per heavy atom. The third kappa shape index (κ3) is 6.04. The molecule has 0 aliphatic rings. The number of carbonyl (C=O) groups is 1. The lowest BCUT2D eigenvalue weighted by Crippen LogP contribution is -2.34. The maximum atomic E-state index is 11.4. The average molecular weight is 294 g/mol. The Balaban J connectivity index is 2.38. The molecule has 0 bridgehead atoms. The van der Waals surface area contributed by atoms with Crippen LogP contribution in [0.3, 0.4) is 0 Å². The van der Waals surface area contributed by atoms with Crippen LogP contribution in [0.25, 0.3) is 0 Å². The fourth-order valence-electron chi connectivity index (χ4n) is 1.81. The molecule has 2 N–H and O–H groups in total. The van der Waals surface area contributed by atoms with Crippen LogP contribution in [-0.4, -0.2) is 32.7 Å². The van der Waals surface area contributed by atoms with Crippen molar-refractivity contribution in [2.24, 2.45) is 5.92 Å². The van der Waals surface area contributed by atoms with Gasteiger partial charge in [-0.3, -0.25) is 4.79 Å². The highest BCUT2D eigenvalue weighted by Gasteiger charge is 2.06. The number of rotatable bonds is 9. The molecule has 0 radical (unpaired) electrons. The third-order valence-electron chi connectivity index (χ3n) is 2.98. The van der Waals surface area contributed by atoms with Crippen molar-refractivity contribution in [3.63, 3.8) is 0 Å². The number of methoxy groups -OCH3 is 1. The summed E-state index contributed by atoms with van der Waals surface area (Å²) in [6.45, 7) is 8.41. The van der Waals surface area contributed by atoms with Gasteiger partial charge in [0, 0.05) is 25.6 Å². The van der Waals surface area contributed by atoms with Crippen LogP contribution < -0.4 is 20.1 Å². The predicted octanol–water partition coefficient (Wildman–Crippen LogP) is 1.96. The third-order valence-corrected chi connectivity index (χ3v) is 2.98. The van der Waals surface area contributed by atoms with Crippen LogP contribution in [0.5, 0.6) is 11.5 Å². The Labute approximate surface area is 127 Å². The molecule has 0 spiro atoms. The van der Waals surface area contributed by atoms with E-state index in [9.17, 15) is 4.79 Å². The lowest BCUT2D eigenvalue weighted by molar-refractivity contribution is -0.123. The summed E-state index contributed by atoms with van der Waals surface area (Å²) in [6, 6.07) is 5.88. The molecule has 1 aromatic carbocycles. The Morgan fingerprint density at radius 1 is 1.24 bits per heavy atom. The molecule has 0 aliphatic carbocycles. The van der Waals surface area contributed by atoms with Gasteiger partial charge in [-0.2, -0.15) is 0 Å². The van der Waals surface area contributed by atoms with Crippen molar-refractivity contribution in [3.8, 4) is 11.5 Å². The highest BCUT2D eigenvalue weighted by molar-refractivity contribution is 5.77. The van der Waals surface area contributed by atoms with E-state index in [2.05, 4.69) is 10.6 Å². The van der Waals surface area contributed by atoms with Crippen LogP contribution >= 0.6 is 0 Å². The van der Waals surface area contributed by atoms with E-state index in [0.29, 0.717) is 13.2 Å².